The second-order valence-electron chi connectivity index (χ2n) is 5.25. The maximum Gasteiger partial charge on any atom is 0.180 e. The molecule has 0 saturated heterocycles. The van der Waals surface area contributed by atoms with Gasteiger partial charge in [0.1, 0.15) is 0 Å². The molecule has 1 aromatic heterocycles. The Hall–Kier alpha value is -1.23. The van der Waals surface area contributed by atoms with Gasteiger partial charge in [-0.25, -0.2) is 8.42 Å². The molecule has 0 aliphatic heterocycles. The van der Waals surface area contributed by atoms with Crippen molar-refractivity contribution >= 4 is 15.6 Å². The van der Waals surface area contributed by atoms with E-state index in [0.29, 0.717) is 5.56 Å². The number of carbonyl (C=O) groups is 1. The van der Waals surface area contributed by atoms with Crippen molar-refractivity contribution in [1.82, 2.24) is 4.98 Å². The zero-order chi connectivity index (χ0) is 13.9. The van der Waals surface area contributed by atoms with E-state index in [-0.39, 0.29) is 22.3 Å². The van der Waals surface area contributed by atoms with Gasteiger partial charge in [-0.05, 0) is 31.7 Å². The molecule has 0 atom stereocenters. The molecule has 4 nitrogen and oxygen atoms in total. The summed E-state index contributed by atoms with van der Waals surface area (Å²) in [4.78, 5) is 15.3. The number of carbonyl (C=O) groups excluding carboxylic acids is 1. The van der Waals surface area contributed by atoms with Gasteiger partial charge in [-0.3, -0.25) is 9.78 Å². The molecule has 0 spiro atoms. The van der Waals surface area contributed by atoms with Gasteiger partial charge in [-0.1, -0.05) is 19.3 Å². The Balaban J connectivity index is 2.18. The van der Waals surface area contributed by atoms with Gasteiger partial charge in [-0.15, -0.1) is 0 Å². The number of nitrogens with zero attached hydrogens (tertiary/aromatic N) is 1. The molecule has 5 heteroatoms. The maximum absolute atomic E-state index is 12.3. The molecular weight excluding hydrogens is 262 g/mol. The van der Waals surface area contributed by atoms with E-state index in [2.05, 4.69) is 4.98 Å². The number of Topliss-reactive ketones (excluding diaryl/α,β-unsaturated/α-hetero) is 1. The first-order valence-corrected chi connectivity index (χ1v) is 8.33. The number of hydrogen-bond acceptors (Lipinski definition) is 4. The summed E-state index contributed by atoms with van der Waals surface area (Å²) in [5.74, 6) is 0.262. The lowest BCUT2D eigenvalue weighted by Gasteiger charge is -2.21. The first-order chi connectivity index (χ1) is 8.99. The predicted octanol–water partition coefficient (Wildman–Crippen LogP) is 2.64. The number of hydrogen-bond donors (Lipinski definition) is 0. The largest absolute Gasteiger partial charge is 0.294 e. The molecule has 1 aromatic rings. The summed E-state index contributed by atoms with van der Waals surface area (Å²) in [6.45, 7) is 1.41. The third-order valence-corrected chi connectivity index (χ3v) is 5.51. The van der Waals surface area contributed by atoms with Crippen molar-refractivity contribution in [1.29, 1.82) is 0 Å². The van der Waals surface area contributed by atoms with Crippen LogP contribution in [-0.4, -0.2) is 24.9 Å². The Bertz CT molecular complexity index is 560. The minimum Gasteiger partial charge on any atom is -0.294 e. The lowest BCUT2D eigenvalue weighted by atomic mass is 9.91. The van der Waals surface area contributed by atoms with Gasteiger partial charge in [0.2, 0.25) is 0 Å². The second kappa shape index (κ2) is 5.82. The Kier molecular flexibility index (Phi) is 4.34. The molecule has 0 unspecified atom stereocenters. The third kappa shape index (κ3) is 3.62. The molecule has 0 N–H and O–H groups in total. The normalized spacial score (nSPS) is 17.3. The smallest absolute Gasteiger partial charge is 0.180 e. The molecule has 0 radical (unpaired) electrons. The third-order valence-electron chi connectivity index (χ3n) is 3.66. The molecule has 104 valence electrons. The van der Waals surface area contributed by atoms with E-state index >= 15 is 0 Å². The van der Waals surface area contributed by atoms with Crippen LogP contribution in [0.5, 0.6) is 0 Å². The first kappa shape index (κ1) is 14.2. The van der Waals surface area contributed by atoms with Crippen LogP contribution in [0, 0.1) is 5.92 Å². The number of rotatable bonds is 4. The maximum atomic E-state index is 12.3. The Morgan fingerprint density at radius 3 is 2.58 bits per heavy atom. The van der Waals surface area contributed by atoms with Crippen LogP contribution in [0.25, 0.3) is 0 Å². The number of sulfone groups is 1. The summed E-state index contributed by atoms with van der Waals surface area (Å²) in [6.07, 6.45) is 8.15. The second-order valence-corrected chi connectivity index (χ2v) is 7.29. The summed E-state index contributed by atoms with van der Waals surface area (Å²) in [5, 5.41) is 0. The fraction of sp³-hybridized carbons (Fsp3) is 0.571. The zero-order valence-electron chi connectivity index (χ0n) is 11.1. The van der Waals surface area contributed by atoms with Gasteiger partial charge in [0.25, 0.3) is 0 Å². The van der Waals surface area contributed by atoms with Crippen LogP contribution in [-0.2, 0) is 9.84 Å². The van der Waals surface area contributed by atoms with E-state index in [4.69, 9.17) is 0 Å². The van der Waals surface area contributed by atoms with Crippen molar-refractivity contribution in [3.05, 3.63) is 24.0 Å². The fourth-order valence-corrected chi connectivity index (χ4v) is 4.22. The van der Waals surface area contributed by atoms with Crippen molar-refractivity contribution in [2.24, 2.45) is 5.92 Å². The Morgan fingerprint density at radius 1 is 1.26 bits per heavy atom. The molecule has 1 saturated carbocycles. The minimum atomic E-state index is -3.33. The summed E-state index contributed by atoms with van der Waals surface area (Å²) in [7, 11) is -3.33. The molecule has 1 fully saturated rings. The fourth-order valence-electron chi connectivity index (χ4n) is 2.54. The molecule has 0 bridgehead atoms. The molecule has 2 rings (SSSR count). The molecule has 0 aromatic carbocycles. The van der Waals surface area contributed by atoms with Crippen molar-refractivity contribution < 1.29 is 13.2 Å². The average Bonchev–Trinajstić information content (AvgIpc) is 2.39. The first-order valence-electron chi connectivity index (χ1n) is 6.68. The molecule has 1 aliphatic rings. The Labute approximate surface area is 114 Å². The molecule has 1 heterocycles. The van der Waals surface area contributed by atoms with Gasteiger partial charge in [0.15, 0.2) is 15.6 Å². The topological polar surface area (TPSA) is 64.1 Å². The lowest BCUT2D eigenvalue weighted by molar-refractivity contribution is 0.101. The highest BCUT2D eigenvalue weighted by Gasteiger charge is 2.23. The molecular formula is C14H19NO3S. The van der Waals surface area contributed by atoms with Crippen molar-refractivity contribution in [3.63, 3.8) is 0 Å². The van der Waals surface area contributed by atoms with E-state index in [1.807, 2.05) is 0 Å². The van der Waals surface area contributed by atoms with Crippen LogP contribution in [0.4, 0.5) is 0 Å². The standard InChI is InChI=1S/C14H19NO3S/c1-11(16)13-7-14(9-15-8-13)19(17,18)10-12-5-3-2-4-6-12/h7-9,12H,2-6,10H2,1H3. The van der Waals surface area contributed by atoms with Crippen LogP contribution >= 0.6 is 0 Å². The Morgan fingerprint density at radius 2 is 1.95 bits per heavy atom. The van der Waals surface area contributed by atoms with E-state index in [1.54, 1.807) is 0 Å². The van der Waals surface area contributed by atoms with E-state index in [0.717, 1.165) is 25.7 Å². The van der Waals surface area contributed by atoms with Gasteiger partial charge in [-0.2, -0.15) is 0 Å². The highest BCUT2D eigenvalue weighted by atomic mass is 32.2. The number of ketones is 1. The highest BCUT2D eigenvalue weighted by molar-refractivity contribution is 7.91. The number of aromatic nitrogens is 1. The van der Waals surface area contributed by atoms with Crippen LogP contribution in [0.1, 0.15) is 49.4 Å². The van der Waals surface area contributed by atoms with Crippen molar-refractivity contribution in [2.75, 3.05) is 5.75 Å². The van der Waals surface area contributed by atoms with Crippen LogP contribution in [0.15, 0.2) is 23.4 Å². The highest BCUT2D eigenvalue weighted by Crippen LogP contribution is 2.27. The van der Waals surface area contributed by atoms with E-state index < -0.39 is 9.84 Å². The monoisotopic (exact) mass is 281 g/mol. The average molecular weight is 281 g/mol. The number of pyridine rings is 1. The predicted molar refractivity (Wildman–Crippen MR) is 72.9 cm³/mol. The summed E-state index contributed by atoms with van der Waals surface area (Å²) in [5.41, 5.74) is 0.352. The quantitative estimate of drug-likeness (QED) is 0.796. The van der Waals surface area contributed by atoms with E-state index in [9.17, 15) is 13.2 Å². The van der Waals surface area contributed by atoms with Gasteiger partial charge in [0, 0.05) is 18.0 Å². The van der Waals surface area contributed by atoms with Crippen molar-refractivity contribution in [2.45, 2.75) is 43.9 Å². The lowest BCUT2D eigenvalue weighted by Crippen LogP contribution is -2.19. The van der Waals surface area contributed by atoms with Crippen molar-refractivity contribution in [3.8, 4) is 0 Å². The van der Waals surface area contributed by atoms with Crippen LogP contribution < -0.4 is 0 Å². The van der Waals surface area contributed by atoms with Gasteiger partial charge >= 0.3 is 0 Å². The summed E-state index contributed by atoms with van der Waals surface area (Å²) >= 11 is 0. The summed E-state index contributed by atoms with van der Waals surface area (Å²) < 4.78 is 24.6. The minimum absolute atomic E-state index is 0.165. The molecule has 1 aliphatic carbocycles. The molecule has 0 amide bonds. The van der Waals surface area contributed by atoms with E-state index in [1.165, 1.54) is 31.8 Å². The van der Waals surface area contributed by atoms with Gasteiger partial charge < -0.3 is 0 Å². The van der Waals surface area contributed by atoms with Crippen LogP contribution in [0.3, 0.4) is 0 Å². The van der Waals surface area contributed by atoms with Crippen LogP contribution in [0.2, 0.25) is 0 Å². The zero-order valence-corrected chi connectivity index (χ0v) is 11.9. The van der Waals surface area contributed by atoms with Gasteiger partial charge in [0.05, 0.1) is 10.6 Å². The molecule has 19 heavy (non-hydrogen) atoms. The SMILES string of the molecule is CC(=O)c1cncc(S(=O)(=O)CC2CCCCC2)c1. The summed E-state index contributed by atoms with van der Waals surface area (Å²) in [6, 6.07) is 1.44.